The van der Waals surface area contributed by atoms with Crippen LogP contribution >= 0.6 is 0 Å². The van der Waals surface area contributed by atoms with Crippen LogP contribution in [-0.2, 0) is 27.2 Å². The van der Waals surface area contributed by atoms with Gasteiger partial charge in [0.15, 0.2) is 6.61 Å². The number of benzene rings is 1. The van der Waals surface area contributed by atoms with Gasteiger partial charge in [0.1, 0.15) is 5.76 Å². The van der Waals surface area contributed by atoms with Crippen LogP contribution in [0.25, 0.3) is 0 Å². The van der Waals surface area contributed by atoms with Crippen molar-refractivity contribution >= 4 is 17.6 Å². The standard InChI is InChI=1S/C19H22N2O4/c1-12-8-9-15-6-4-5-7-17(15)21(12)18(22)11-24-19(23)10-16-13(2)20-25-14(16)3/h4-7,12H,8-11H2,1-3H3/t12-/m0/s1. The first kappa shape index (κ1) is 17.2. The van der Waals surface area contributed by atoms with Crippen molar-refractivity contribution in [3.63, 3.8) is 0 Å². The number of hydrogen-bond donors (Lipinski definition) is 0. The molecule has 2 aromatic rings. The van der Waals surface area contributed by atoms with E-state index in [1.165, 1.54) is 0 Å². The number of fused-ring (bicyclic) bond motifs is 1. The van der Waals surface area contributed by atoms with Gasteiger partial charge in [0, 0.05) is 17.3 Å². The van der Waals surface area contributed by atoms with E-state index in [0.717, 1.165) is 24.1 Å². The van der Waals surface area contributed by atoms with Crippen LogP contribution in [0.2, 0.25) is 0 Å². The van der Waals surface area contributed by atoms with Gasteiger partial charge in [-0.1, -0.05) is 23.4 Å². The van der Waals surface area contributed by atoms with Crippen LogP contribution in [0.1, 0.15) is 35.9 Å². The smallest absolute Gasteiger partial charge is 0.310 e. The minimum absolute atomic E-state index is 0.0561. The predicted octanol–water partition coefficient (Wildman–Crippen LogP) is 2.75. The van der Waals surface area contributed by atoms with Crippen LogP contribution in [0.3, 0.4) is 0 Å². The Morgan fingerprint density at radius 1 is 1.32 bits per heavy atom. The van der Waals surface area contributed by atoms with E-state index in [1.807, 2.05) is 31.2 Å². The Bertz CT molecular complexity index is 777. The normalized spacial score (nSPS) is 16.4. The fraction of sp³-hybridized carbons (Fsp3) is 0.421. The SMILES string of the molecule is Cc1noc(C)c1CC(=O)OCC(=O)N1c2ccccc2CC[C@@H]1C. The van der Waals surface area contributed by atoms with Crippen molar-refractivity contribution in [2.75, 3.05) is 11.5 Å². The monoisotopic (exact) mass is 342 g/mol. The second-order valence-electron chi connectivity index (χ2n) is 6.42. The van der Waals surface area contributed by atoms with E-state index in [1.54, 1.807) is 18.7 Å². The van der Waals surface area contributed by atoms with E-state index >= 15 is 0 Å². The van der Waals surface area contributed by atoms with Gasteiger partial charge >= 0.3 is 5.97 Å². The first-order valence-electron chi connectivity index (χ1n) is 8.44. The lowest BCUT2D eigenvalue weighted by atomic mass is 9.96. The molecular weight excluding hydrogens is 320 g/mol. The lowest BCUT2D eigenvalue weighted by Crippen LogP contribution is -2.44. The molecule has 0 N–H and O–H groups in total. The number of amides is 1. The maximum atomic E-state index is 12.6. The number of hydrogen-bond acceptors (Lipinski definition) is 5. The van der Waals surface area contributed by atoms with Crippen LogP contribution < -0.4 is 4.90 Å². The number of aromatic nitrogens is 1. The molecule has 0 aliphatic carbocycles. The zero-order chi connectivity index (χ0) is 18.0. The third-order valence-corrected chi connectivity index (χ3v) is 4.65. The Hall–Kier alpha value is -2.63. The van der Waals surface area contributed by atoms with E-state index < -0.39 is 5.97 Å². The molecule has 0 spiro atoms. The van der Waals surface area contributed by atoms with Gasteiger partial charge in [-0.15, -0.1) is 0 Å². The summed E-state index contributed by atoms with van der Waals surface area (Å²) in [7, 11) is 0. The van der Waals surface area contributed by atoms with Crippen LogP contribution in [0, 0.1) is 13.8 Å². The average molecular weight is 342 g/mol. The minimum Gasteiger partial charge on any atom is -0.455 e. The molecule has 25 heavy (non-hydrogen) atoms. The van der Waals surface area contributed by atoms with Gasteiger partial charge in [0.25, 0.3) is 5.91 Å². The molecule has 2 heterocycles. The van der Waals surface area contributed by atoms with Gasteiger partial charge in [0.05, 0.1) is 12.1 Å². The topological polar surface area (TPSA) is 72.6 Å². The third-order valence-electron chi connectivity index (χ3n) is 4.65. The summed E-state index contributed by atoms with van der Waals surface area (Å²) in [4.78, 5) is 26.4. The zero-order valence-corrected chi connectivity index (χ0v) is 14.7. The van der Waals surface area contributed by atoms with Crippen molar-refractivity contribution in [1.82, 2.24) is 5.16 Å². The van der Waals surface area contributed by atoms with E-state index in [9.17, 15) is 9.59 Å². The Morgan fingerprint density at radius 3 is 2.80 bits per heavy atom. The van der Waals surface area contributed by atoms with Crippen molar-refractivity contribution in [3.05, 3.63) is 46.8 Å². The number of anilines is 1. The van der Waals surface area contributed by atoms with Crippen molar-refractivity contribution in [2.24, 2.45) is 0 Å². The first-order chi connectivity index (χ1) is 12.0. The lowest BCUT2D eigenvalue weighted by molar-refractivity contribution is -0.147. The molecule has 6 nitrogen and oxygen atoms in total. The Balaban J connectivity index is 1.64. The highest BCUT2D eigenvalue weighted by Crippen LogP contribution is 2.30. The molecule has 1 aromatic heterocycles. The average Bonchev–Trinajstić information content (AvgIpc) is 2.91. The van der Waals surface area contributed by atoms with Crippen molar-refractivity contribution < 1.29 is 18.8 Å². The van der Waals surface area contributed by atoms with Gasteiger partial charge in [-0.25, -0.2) is 0 Å². The summed E-state index contributed by atoms with van der Waals surface area (Å²) in [6.07, 6.45) is 1.91. The molecule has 132 valence electrons. The molecule has 1 amide bonds. The number of carbonyl (C=O) groups is 2. The fourth-order valence-electron chi connectivity index (χ4n) is 3.23. The van der Waals surface area contributed by atoms with Gasteiger partial charge in [0.2, 0.25) is 0 Å². The molecule has 1 aliphatic rings. The van der Waals surface area contributed by atoms with Gasteiger partial charge in [-0.3, -0.25) is 9.59 Å². The predicted molar refractivity (Wildman–Crippen MR) is 92.4 cm³/mol. The fourth-order valence-corrected chi connectivity index (χ4v) is 3.23. The number of carbonyl (C=O) groups excluding carboxylic acids is 2. The summed E-state index contributed by atoms with van der Waals surface area (Å²) in [5, 5.41) is 3.81. The summed E-state index contributed by atoms with van der Waals surface area (Å²) in [5.41, 5.74) is 3.44. The van der Waals surface area contributed by atoms with Gasteiger partial charge < -0.3 is 14.2 Å². The summed E-state index contributed by atoms with van der Waals surface area (Å²) in [6, 6.07) is 7.95. The molecule has 1 aliphatic heterocycles. The highest BCUT2D eigenvalue weighted by molar-refractivity contribution is 5.97. The molecule has 3 rings (SSSR count). The van der Waals surface area contributed by atoms with Crippen LogP contribution in [0.5, 0.6) is 0 Å². The second kappa shape index (κ2) is 7.09. The molecule has 0 unspecified atom stereocenters. The maximum absolute atomic E-state index is 12.6. The zero-order valence-electron chi connectivity index (χ0n) is 14.7. The lowest BCUT2D eigenvalue weighted by Gasteiger charge is -2.35. The highest BCUT2D eigenvalue weighted by Gasteiger charge is 2.28. The van der Waals surface area contributed by atoms with E-state index in [0.29, 0.717) is 17.0 Å². The number of para-hydroxylation sites is 1. The highest BCUT2D eigenvalue weighted by atomic mass is 16.5. The van der Waals surface area contributed by atoms with E-state index in [-0.39, 0.29) is 25.0 Å². The molecule has 0 saturated carbocycles. The van der Waals surface area contributed by atoms with E-state index in [2.05, 4.69) is 5.16 Å². The summed E-state index contributed by atoms with van der Waals surface area (Å²) in [6.45, 7) is 5.27. The maximum Gasteiger partial charge on any atom is 0.310 e. The number of nitrogens with zero attached hydrogens (tertiary/aromatic N) is 2. The number of esters is 1. The van der Waals surface area contributed by atoms with Crippen molar-refractivity contribution in [2.45, 2.75) is 46.1 Å². The molecule has 0 bridgehead atoms. The molecular formula is C19H22N2O4. The minimum atomic E-state index is -0.458. The Labute approximate surface area is 146 Å². The van der Waals surface area contributed by atoms with Gasteiger partial charge in [-0.05, 0) is 45.2 Å². The summed E-state index contributed by atoms with van der Waals surface area (Å²) >= 11 is 0. The summed E-state index contributed by atoms with van der Waals surface area (Å²) < 4.78 is 10.2. The molecule has 1 atom stereocenters. The van der Waals surface area contributed by atoms with E-state index in [4.69, 9.17) is 9.26 Å². The molecule has 6 heteroatoms. The Kier molecular flexibility index (Phi) is 4.88. The van der Waals surface area contributed by atoms with Gasteiger partial charge in [-0.2, -0.15) is 0 Å². The largest absolute Gasteiger partial charge is 0.455 e. The molecule has 1 aromatic carbocycles. The third kappa shape index (κ3) is 3.57. The van der Waals surface area contributed by atoms with Crippen molar-refractivity contribution in [1.29, 1.82) is 0 Å². The van der Waals surface area contributed by atoms with Crippen molar-refractivity contribution in [3.8, 4) is 0 Å². The number of aryl methyl sites for hydroxylation is 3. The number of ether oxygens (including phenoxy) is 1. The molecule has 0 saturated heterocycles. The number of rotatable bonds is 4. The second-order valence-corrected chi connectivity index (χ2v) is 6.42. The molecule has 0 fully saturated rings. The first-order valence-corrected chi connectivity index (χ1v) is 8.44. The summed E-state index contributed by atoms with van der Waals surface area (Å²) in [5.74, 6) is -0.0631. The van der Waals surface area contributed by atoms with Crippen LogP contribution in [0.4, 0.5) is 5.69 Å². The van der Waals surface area contributed by atoms with Crippen LogP contribution in [-0.4, -0.2) is 29.7 Å². The van der Waals surface area contributed by atoms with Crippen LogP contribution in [0.15, 0.2) is 28.8 Å². The quantitative estimate of drug-likeness (QED) is 0.799. The molecule has 0 radical (unpaired) electrons. The Morgan fingerprint density at radius 2 is 2.08 bits per heavy atom.